The van der Waals surface area contributed by atoms with Crippen LogP contribution in [0, 0.1) is 6.92 Å². The van der Waals surface area contributed by atoms with Crippen molar-refractivity contribution in [1.29, 1.82) is 0 Å². The van der Waals surface area contributed by atoms with Crippen LogP contribution in [0.15, 0.2) is 70.7 Å². The zero-order valence-corrected chi connectivity index (χ0v) is 22.5. The number of amides is 3. The Balaban J connectivity index is 1.55. The molecule has 2 aromatic rings. The van der Waals surface area contributed by atoms with Crippen LogP contribution in [0.2, 0.25) is 0 Å². The fourth-order valence-electron chi connectivity index (χ4n) is 3.52. The van der Waals surface area contributed by atoms with E-state index in [1.807, 2.05) is 25.1 Å². The number of ether oxygens (including phenoxy) is 1. The van der Waals surface area contributed by atoms with E-state index in [2.05, 4.69) is 21.3 Å². The van der Waals surface area contributed by atoms with Crippen molar-refractivity contribution < 1.29 is 32.6 Å². The first-order valence-electron chi connectivity index (χ1n) is 11.9. The van der Waals surface area contributed by atoms with Crippen LogP contribution in [0.5, 0.6) is 5.75 Å². The number of aryl methyl sites for hydroxylation is 1. The van der Waals surface area contributed by atoms with Crippen molar-refractivity contribution in [2.75, 3.05) is 32.5 Å². The van der Waals surface area contributed by atoms with E-state index < -0.39 is 34.0 Å². The minimum absolute atomic E-state index is 0.0304. The van der Waals surface area contributed by atoms with Gasteiger partial charge in [0.25, 0.3) is 0 Å². The van der Waals surface area contributed by atoms with E-state index in [-0.39, 0.29) is 30.9 Å². The molecule has 1 atom stereocenters. The highest BCUT2D eigenvalue weighted by Gasteiger charge is 2.26. The first-order valence-corrected chi connectivity index (χ1v) is 13.5. The molecule has 0 aromatic heterocycles. The molecule has 208 valence electrons. The number of urea groups is 1. The molecule has 1 heterocycles. The van der Waals surface area contributed by atoms with Gasteiger partial charge >= 0.3 is 18.1 Å². The molecule has 0 unspecified atom stereocenters. The zero-order chi connectivity index (χ0) is 28.6. The van der Waals surface area contributed by atoms with Gasteiger partial charge in [-0.3, -0.25) is 0 Å². The standard InChI is InChI=1S/C26H31N5O7S/c1-17-5-4-6-19(13-17)29-25(34)28-12-11-27-22-15-39(36,37)16-23(22)30-21(24(32)33)14-18-7-9-20(10-8-18)38-26(35)31(2)3/h4-10,13,15-16,21,27,30H,11-12,14H2,1-3H3,(H,32,33)(H2,28,29,34)/t21-/m0/s1. The van der Waals surface area contributed by atoms with Crippen molar-refractivity contribution in [1.82, 2.24) is 20.9 Å². The second-order valence-electron chi connectivity index (χ2n) is 8.97. The van der Waals surface area contributed by atoms with Crippen LogP contribution in [0.1, 0.15) is 11.1 Å². The number of aliphatic carboxylic acids is 1. The van der Waals surface area contributed by atoms with Crippen LogP contribution in [0.4, 0.5) is 15.3 Å². The van der Waals surface area contributed by atoms with E-state index >= 15 is 0 Å². The van der Waals surface area contributed by atoms with Gasteiger partial charge in [0.2, 0.25) is 0 Å². The SMILES string of the molecule is Cc1cccc(NC(=O)NCCNC2=CS(=O)(=O)C=C2N[C@@H](Cc2ccc(OC(=O)N(C)C)cc2)C(=O)O)c1. The molecule has 12 nitrogen and oxygen atoms in total. The first kappa shape index (κ1) is 29.0. The number of carbonyl (C=O) groups is 3. The minimum Gasteiger partial charge on any atom is -0.480 e. The topological polar surface area (TPSA) is 166 Å². The number of benzene rings is 2. The molecule has 1 aliphatic rings. The smallest absolute Gasteiger partial charge is 0.414 e. The summed E-state index contributed by atoms with van der Waals surface area (Å²) in [7, 11) is -0.604. The van der Waals surface area contributed by atoms with Gasteiger partial charge in [0.05, 0.1) is 22.2 Å². The van der Waals surface area contributed by atoms with Crippen molar-refractivity contribution in [2.24, 2.45) is 0 Å². The number of carbonyl (C=O) groups excluding carboxylic acids is 2. The molecule has 13 heteroatoms. The van der Waals surface area contributed by atoms with Crippen LogP contribution in [0.25, 0.3) is 0 Å². The average Bonchev–Trinajstić information content (AvgIpc) is 3.15. The Hall–Kier alpha value is -4.52. The summed E-state index contributed by atoms with van der Waals surface area (Å²) >= 11 is 0. The summed E-state index contributed by atoms with van der Waals surface area (Å²) in [6, 6.07) is 12.1. The highest BCUT2D eigenvalue weighted by atomic mass is 32.2. The third kappa shape index (κ3) is 9.07. The molecule has 0 aliphatic carbocycles. The second kappa shape index (κ2) is 12.8. The Morgan fingerprint density at radius 3 is 2.33 bits per heavy atom. The van der Waals surface area contributed by atoms with Crippen LogP contribution in [-0.4, -0.2) is 69.7 Å². The fraction of sp³-hybridized carbons (Fsp3) is 0.269. The molecule has 39 heavy (non-hydrogen) atoms. The van der Waals surface area contributed by atoms with Crippen molar-refractivity contribution in [3.8, 4) is 5.75 Å². The summed E-state index contributed by atoms with van der Waals surface area (Å²) in [6.07, 6.45) is -0.515. The Morgan fingerprint density at radius 2 is 1.69 bits per heavy atom. The quantitative estimate of drug-likeness (QED) is 0.260. The molecule has 3 rings (SSSR count). The summed E-state index contributed by atoms with van der Waals surface area (Å²) in [6.45, 7) is 2.27. The maximum absolute atomic E-state index is 12.2. The maximum atomic E-state index is 12.2. The Kier molecular flexibility index (Phi) is 9.55. The van der Waals surface area contributed by atoms with Gasteiger partial charge in [-0.15, -0.1) is 0 Å². The van der Waals surface area contributed by atoms with E-state index in [0.717, 1.165) is 16.4 Å². The minimum atomic E-state index is -3.71. The molecule has 0 fully saturated rings. The van der Waals surface area contributed by atoms with Crippen LogP contribution in [0.3, 0.4) is 0 Å². The van der Waals surface area contributed by atoms with Gasteiger partial charge in [-0.1, -0.05) is 24.3 Å². The molecule has 3 amide bonds. The molecule has 0 saturated carbocycles. The lowest BCUT2D eigenvalue weighted by atomic mass is 10.1. The van der Waals surface area contributed by atoms with Crippen LogP contribution < -0.4 is 26.0 Å². The first-order chi connectivity index (χ1) is 18.4. The number of hydrogen-bond donors (Lipinski definition) is 5. The highest BCUT2D eigenvalue weighted by molar-refractivity contribution is 7.97. The van der Waals surface area contributed by atoms with E-state index in [1.54, 1.807) is 44.4 Å². The average molecular weight is 558 g/mol. The molecular formula is C26H31N5O7S. The van der Waals surface area contributed by atoms with E-state index in [4.69, 9.17) is 4.74 Å². The number of anilines is 1. The molecule has 0 saturated heterocycles. The number of hydrogen-bond acceptors (Lipinski definition) is 8. The molecule has 1 aliphatic heterocycles. The van der Waals surface area contributed by atoms with Gasteiger partial charge in [-0.05, 0) is 42.3 Å². The third-order valence-corrected chi connectivity index (χ3v) is 6.55. The summed E-state index contributed by atoms with van der Waals surface area (Å²) in [5.74, 6) is -0.880. The number of rotatable bonds is 11. The molecule has 5 N–H and O–H groups in total. The summed E-state index contributed by atoms with van der Waals surface area (Å²) in [5.41, 5.74) is 2.56. The lowest BCUT2D eigenvalue weighted by molar-refractivity contribution is -0.139. The summed E-state index contributed by atoms with van der Waals surface area (Å²) in [5, 5.41) is 22.8. The van der Waals surface area contributed by atoms with Gasteiger partial charge in [0.1, 0.15) is 11.8 Å². The van der Waals surface area contributed by atoms with Gasteiger partial charge in [-0.25, -0.2) is 22.8 Å². The molecule has 0 bridgehead atoms. The van der Waals surface area contributed by atoms with Gasteiger partial charge in [0, 0.05) is 39.3 Å². The van der Waals surface area contributed by atoms with Crippen LogP contribution >= 0.6 is 0 Å². The highest BCUT2D eigenvalue weighted by Crippen LogP contribution is 2.20. The lowest BCUT2D eigenvalue weighted by Gasteiger charge is -2.19. The third-order valence-electron chi connectivity index (χ3n) is 5.42. The number of nitrogens with zero attached hydrogens (tertiary/aromatic N) is 1. The van der Waals surface area contributed by atoms with Crippen molar-refractivity contribution >= 4 is 33.6 Å². The Bertz CT molecular complexity index is 1390. The zero-order valence-electron chi connectivity index (χ0n) is 21.7. The van der Waals surface area contributed by atoms with Gasteiger partial charge < -0.3 is 36.0 Å². The summed E-state index contributed by atoms with van der Waals surface area (Å²) < 4.78 is 29.6. The summed E-state index contributed by atoms with van der Waals surface area (Å²) in [4.78, 5) is 37.0. The molecule has 0 spiro atoms. The van der Waals surface area contributed by atoms with Gasteiger partial charge in [0.15, 0.2) is 9.84 Å². The maximum Gasteiger partial charge on any atom is 0.414 e. The molecule has 2 aromatic carbocycles. The van der Waals surface area contributed by atoms with E-state index in [1.165, 1.54) is 4.90 Å². The monoisotopic (exact) mass is 557 g/mol. The predicted octanol–water partition coefficient (Wildman–Crippen LogP) is 2.16. The second-order valence-corrected chi connectivity index (χ2v) is 10.6. The largest absolute Gasteiger partial charge is 0.480 e. The van der Waals surface area contributed by atoms with Crippen molar-refractivity contribution in [3.63, 3.8) is 0 Å². The Morgan fingerprint density at radius 1 is 1.00 bits per heavy atom. The number of carboxylic acids is 1. The van der Waals surface area contributed by atoms with Crippen molar-refractivity contribution in [2.45, 2.75) is 19.4 Å². The van der Waals surface area contributed by atoms with E-state index in [0.29, 0.717) is 17.0 Å². The van der Waals surface area contributed by atoms with Crippen LogP contribution in [-0.2, 0) is 21.1 Å². The predicted molar refractivity (Wildman–Crippen MR) is 146 cm³/mol. The van der Waals surface area contributed by atoms with Crippen molar-refractivity contribution in [3.05, 3.63) is 81.9 Å². The fourth-order valence-corrected chi connectivity index (χ4v) is 4.65. The number of carboxylic acid groups (broad SMARTS) is 1. The number of nitrogens with one attached hydrogen (secondary N) is 4. The van der Waals surface area contributed by atoms with Gasteiger partial charge in [-0.2, -0.15) is 0 Å². The Labute approximate surface area is 226 Å². The lowest BCUT2D eigenvalue weighted by Crippen LogP contribution is -2.40. The number of sulfone groups is 1. The molecular weight excluding hydrogens is 526 g/mol. The van der Waals surface area contributed by atoms with E-state index in [9.17, 15) is 27.9 Å². The normalized spacial score (nSPS) is 14.3. The molecule has 0 radical (unpaired) electrons.